The summed E-state index contributed by atoms with van der Waals surface area (Å²) in [6.07, 6.45) is 0.632. The summed E-state index contributed by atoms with van der Waals surface area (Å²) < 4.78 is 0. The normalized spacial score (nSPS) is 8.42. The van der Waals surface area contributed by atoms with E-state index in [4.69, 9.17) is 10.2 Å². The van der Waals surface area contributed by atoms with Gasteiger partial charge in [-0.05, 0) is 0 Å². The Hall–Kier alpha value is -1.85. The van der Waals surface area contributed by atoms with E-state index in [1.165, 1.54) is 0 Å². The van der Waals surface area contributed by atoms with Gasteiger partial charge in [-0.3, -0.25) is 4.79 Å². The van der Waals surface area contributed by atoms with Crippen molar-refractivity contribution in [1.82, 2.24) is 5.32 Å². The van der Waals surface area contributed by atoms with Gasteiger partial charge < -0.3 is 15.5 Å². The summed E-state index contributed by atoms with van der Waals surface area (Å²) in [5.74, 6) is -3.73. The van der Waals surface area contributed by atoms with Crippen LogP contribution in [0, 0.1) is 0 Å². The fraction of sp³-hybridized carbons (Fsp3) is 0.167. The molecule has 0 saturated carbocycles. The third kappa shape index (κ3) is 3.35. The van der Waals surface area contributed by atoms with E-state index >= 15 is 0 Å². The van der Waals surface area contributed by atoms with Gasteiger partial charge in [0.1, 0.15) is 0 Å². The maximum absolute atomic E-state index is 10.3. The van der Waals surface area contributed by atoms with Crippen molar-refractivity contribution in [2.45, 2.75) is 6.92 Å². The molecule has 6 nitrogen and oxygen atoms in total. The molecule has 6 heteroatoms. The maximum atomic E-state index is 10.3. The molecule has 0 atom stereocenters. The lowest BCUT2D eigenvalue weighted by molar-refractivity contribution is -0.140. The first-order chi connectivity index (χ1) is 5.45. The van der Waals surface area contributed by atoms with Crippen LogP contribution < -0.4 is 5.32 Å². The Morgan fingerprint density at radius 3 is 1.83 bits per heavy atom. The number of carboxylic acids is 2. The van der Waals surface area contributed by atoms with Gasteiger partial charge in [0.15, 0.2) is 5.57 Å². The van der Waals surface area contributed by atoms with Gasteiger partial charge in [-0.1, -0.05) is 0 Å². The number of amides is 1. The first-order valence-corrected chi connectivity index (χ1v) is 2.89. The summed E-state index contributed by atoms with van der Waals surface area (Å²) in [6, 6.07) is 0. The van der Waals surface area contributed by atoms with E-state index in [-0.39, 0.29) is 0 Å². The molecular formula is C6H7NO5. The van der Waals surface area contributed by atoms with E-state index in [0.717, 1.165) is 6.92 Å². The molecule has 0 rings (SSSR count). The summed E-state index contributed by atoms with van der Waals surface area (Å²) in [5, 5.41) is 18.5. The monoisotopic (exact) mass is 173 g/mol. The highest BCUT2D eigenvalue weighted by Gasteiger charge is 2.15. The first-order valence-electron chi connectivity index (χ1n) is 2.89. The Bertz CT molecular complexity index is 239. The van der Waals surface area contributed by atoms with Crippen LogP contribution in [-0.4, -0.2) is 28.1 Å². The molecule has 0 aromatic rings. The van der Waals surface area contributed by atoms with Gasteiger partial charge in [-0.15, -0.1) is 0 Å². The minimum absolute atomic E-state index is 0.532. The minimum atomic E-state index is -1.60. The molecule has 66 valence electrons. The number of rotatable bonds is 3. The van der Waals surface area contributed by atoms with Gasteiger partial charge in [-0.25, -0.2) is 9.59 Å². The second kappa shape index (κ2) is 4.12. The summed E-state index contributed by atoms with van der Waals surface area (Å²) in [4.78, 5) is 30.6. The smallest absolute Gasteiger partial charge is 0.344 e. The van der Waals surface area contributed by atoms with Gasteiger partial charge in [-0.2, -0.15) is 0 Å². The third-order valence-electron chi connectivity index (χ3n) is 0.881. The van der Waals surface area contributed by atoms with E-state index < -0.39 is 23.4 Å². The lowest BCUT2D eigenvalue weighted by Crippen LogP contribution is -2.19. The predicted octanol–water partition coefficient (Wildman–Crippen LogP) is -0.824. The van der Waals surface area contributed by atoms with Crippen molar-refractivity contribution < 1.29 is 24.6 Å². The lowest BCUT2D eigenvalue weighted by atomic mass is 10.3. The molecule has 0 aromatic carbocycles. The van der Waals surface area contributed by atoms with E-state index in [0.29, 0.717) is 6.20 Å². The second-order valence-corrected chi connectivity index (χ2v) is 1.87. The van der Waals surface area contributed by atoms with Crippen molar-refractivity contribution in [1.29, 1.82) is 0 Å². The Balaban J connectivity index is 4.51. The van der Waals surface area contributed by atoms with Gasteiger partial charge in [0.25, 0.3) is 0 Å². The summed E-state index contributed by atoms with van der Waals surface area (Å²) >= 11 is 0. The van der Waals surface area contributed by atoms with Gasteiger partial charge in [0, 0.05) is 13.1 Å². The van der Waals surface area contributed by atoms with Crippen LogP contribution in [0.5, 0.6) is 0 Å². The molecule has 0 fully saturated rings. The van der Waals surface area contributed by atoms with Crippen LogP contribution in [0.3, 0.4) is 0 Å². The minimum Gasteiger partial charge on any atom is -0.477 e. The van der Waals surface area contributed by atoms with Gasteiger partial charge in [0.05, 0.1) is 0 Å². The molecule has 0 spiro atoms. The molecule has 0 heterocycles. The zero-order chi connectivity index (χ0) is 9.72. The first kappa shape index (κ1) is 10.2. The molecule has 3 N–H and O–H groups in total. The van der Waals surface area contributed by atoms with E-state index in [9.17, 15) is 14.4 Å². The summed E-state index contributed by atoms with van der Waals surface area (Å²) in [6.45, 7) is 1.14. The number of carbonyl (C=O) groups excluding carboxylic acids is 1. The second-order valence-electron chi connectivity index (χ2n) is 1.87. The molecule has 1 amide bonds. The average molecular weight is 173 g/mol. The highest BCUT2D eigenvalue weighted by atomic mass is 16.4. The van der Waals surface area contributed by atoms with Crippen molar-refractivity contribution in [2.75, 3.05) is 0 Å². The Morgan fingerprint density at radius 2 is 1.58 bits per heavy atom. The Labute approximate surface area is 67.5 Å². The van der Waals surface area contributed by atoms with Crippen LogP contribution in [-0.2, 0) is 14.4 Å². The van der Waals surface area contributed by atoms with Gasteiger partial charge >= 0.3 is 11.9 Å². The molecule has 0 aliphatic carbocycles. The SMILES string of the molecule is CC(=O)NC=C(C(=O)O)C(=O)O. The summed E-state index contributed by atoms with van der Waals surface area (Å²) in [7, 11) is 0. The molecule has 0 radical (unpaired) electrons. The van der Waals surface area contributed by atoms with E-state index in [2.05, 4.69) is 0 Å². The largest absolute Gasteiger partial charge is 0.477 e. The number of carbonyl (C=O) groups is 3. The number of hydrogen-bond acceptors (Lipinski definition) is 3. The molecule has 0 aliphatic rings. The lowest BCUT2D eigenvalue weighted by Gasteiger charge is -1.95. The zero-order valence-electron chi connectivity index (χ0n) is 6.20. The molecule has 0 aromatic heterocycles. The fourth-order valence-corrected chi connectivity index (χ4v) is 0.389. The van der Waals surface area contributed by atoms with Crippen LogP contribution in [0.15, 0.2) is 11.8 Å². The van der Waals surface area contributed by atoms with Crippen molar-refractivity contribution in [3.8, 4) is 0 Å². The van der Waals surface area contributed by atoms with E-state index in [1.807, 2.05) is 5.32 Å². The van der Waals surface area contributed by atoms with Crippen LogP contribution in [0.4, 0.5) is 0 Å². The van der Waals surface area contributed by atoms with Crippen LogP contribution in [0.25, 0.3) is 0 Å². The molecule has 0 bridgehead atoms. The number of nitrogens with one attached hydrogen (secondary N) is 1. The van der Waals surface area contributed by atoms with Crippen molar-refractivity contribution in [2.24, 2.45) is 0 Å². The highest BCUT2D eigenvalue weighted by molar-refractivity contribution is 6.12. The average Bonchev–Trinajstić information content (AvgIpc) is 1.84. The van der Waals surface area contributed by atoms with Crippen LogP contribution in [0.1, 0.15) is 6.92 Å². The Kier molecular flexibility index (Phi) is 3.48. The van der Waals surface area contributed by atoms with Crippen molar-refractivity contribution >= 4 is 17.8 Å². The van der Waals surface area contributed by atoms with Crippen molar-refractivity contribution in [3.05, 3.63) is 11.8 Å². The molecule has 0 unspecified atom stereocenters. The standard InChI is InChI=1S/C6H7NO5/c1-3(8)7-2-4(5(9)10)6(11)12/h2H,1H3,(H,7,8)(H,9,10)(H,11,12). The molecular weight excluding hydrogens is 166 g/mol. The van der Waals surface area contributed by atoms with Gasteiger partial charge in [0.2, 0.25) is 5.91 Å². The number of hydrogen-bond donors (Lipinski definition) is 3. The number of carboxylic acid groups (broad SMARTS) is 2. The Morgan fingerprint density at radius 1 is 1.17 bits per heavy atom. The van der Waals surface area contributed by atoms with Crippen LogP contribution >= 0.6 is 0 Å². The quantitative estimate of drug-likeness (QED) is 0.293. The zero-order valence-corrected chi connectivity index (χ0v) is 6.20. The van der Waals surface area contributed by atoms with Crippen LogP contribution in [0.2, 0.25) is 0 Å². The van der Waals surface area contributed by atoms with E-state index in [1.54, 1.807) is 0 Å². The third-order valence-corrected chi connectivity index (χ3v) is 0.881. The maximum Gasteiger partial charge on any atom is 0.344 e. The fourth-order valence-electron chi connectivity index (χ4n) is 0.389. The predicted molar refractivity (Wildman–Crippen MR) is 37.2 cm³/mol. The highest BCUT2D eigenvalue weighted by Crippen LogP contribution is 1.91. The molecule has 12 heavy (non-hydrogen) atoms. The molecule has 0 saturated heterocycles. The number of aliphatic carboxylic acids is 2. The topological polar surface area (TPSA) is 104 Å². The van der Waals surface area contributed by atoms with Crippen molar-refractivity contribution in [3.63, 3.8) is 0 Å². The summed E-state index contributed by atoms with van der Waals surface area (Å²) in [5.41, 5.74) is -0.884. The molecule has 0 aliphatic heterocycles.